The molecule has 1 aromatic heterocycles. The van der Waals surface area contributed by atoms with Crippen LogP contribution in [0.15, 0.2) is 60.7 Å². The van der Waals surface area contributed by atoms with Crippen molar-refractivity contribution in [1.82, 2.24) is 0 Å². The summed E-state index contributed by atoms with van der Waals surface area (Å²) in [4.78, 5) is 0. The van der Waals surface area contributed by atoms with Crippen LogP contribution in [0.4, 0.5) is 24.5 Å². The van der Waals surface area contributed by atoms with Crippen molar-refractivity contribution in [2.24, 2.45) is 0 Å². The number of anilines is 2. The molecule has 0 fully saturated rings. The fourth-order valence-corrected chi connectivity index (χ4v) is 5.83. The van der Waals surface area contributed by atoms with Crippen molar-refractivity contribution >= 4 is 65.7 Å². The van der Waals surface area contributed by atoms with Gasteiger partial charge in [-0.3, -0.25) is 3.11 Å². The fourth-order valence-electron chi connectivity index (χ4n) is 3.40. The van der Waals surface area contributed by atoms with Crippen molar-refractivity contribution in [3.8, 4) is 5.75 Å². The Hall–Kier alpha value is -2.00. The Morgan fingerprint density at radius 1 is 0.862 bits per heavy atom. The van der Waals surface area contributed by atoms with Gasteiger partial charge in [-0.1, -0.05) is 56.3 Å². The third kappa shape index (κ3) is 3.90. The summed E-state index contributed by atoms with van der Waals surface area (Å²) in [5, 5.41) is 2.27. The first-order valence-corrected chi connectivity index (χ1v) is 10.8. The summed E-state index contributed by atoms with van der Waals surface area (Å²) < 4.78 is 46.8. The average molecular weight is 527 g/mol. The number of fused-ring (bicyclic) bond motifs is 3. The van der Waals surface area contributed by atoms with Crippen LogP contribution >= 0.6 is 34.2 Å². The predicted octanol–water partition coefficient (Wildman–Crippen LogP) is 8.56. The van der Waals surface area contributed by atoms with Gasteiger partial charge in [0.25, 0.3) is 0 Å². The van der Waals surface area contributed by atoms with Crippen molar-refractivity contribution < 1.29 is 17.9 Å². The van der Waals surface area contributed by atoms with Gasteiger partial charge in [-0.2, -0.15) is 0 Å². The van der Waals surface area contributed by atoms with E-state index in [2.05, 4.69) is 42.8 Å². The highest BCUT2D eigenvalue weighted by atomic mass is 127. The van der Waals surface area contributed by atoms with Crippen molar-refractivity contribution in [1.29, 1.82) is 0 Å². The summed E-state index contributed by atoms with van der Waals surface area (Å²) in [6.45, 7) is 4.32. The lowest BCUT2D eigenvalue weighted by Crippen LogP contribution is -2.18. The standard InChI is InChI=1S/C22H17F3INOS/c1-13(2)14-7-5-8-15-16-9-6-11-18(21(16)29-20(14)15)27(26)17-10-3-4-12-19(17)28-22(23,24)25/h3-13H,1-2H3. The molecular weight excluding hydrogens is 510 g/mol. The van der Waals surface area contributed by atoms with Gasteiger partial charge in [-0.25, -0.2) is 0 Å². The maximum absolute atomic E-state index is 12.9. The van der Waals surface area contributed by atoms with Crippen molar-refractivity contribution in [2.75, 3.05) is 3.11 Å². The number of halogens is 4. The van der Waals surface area contributed by atoms with Crippen molar-refractivity contribution in [2.45, 2.75) is 26.1 Å². The first kappa shape index (κ1) is 20.3. The Kier molecular flexibility index (Phi) is 5.37. The third-order valence-corrected chi connectivity index (χ3v) is 7.00. The van der Waals surface area contributed by atoms with Crippen LogP contribution < -0.4 is 7.85 Å². The minimum atomic E-state index is -4.75. The van der Waals surface area contributed by atoms with Crippen LogP contribution in [0.25, 0.3) is 20.2 Å². The zero-order chi connectivity index (χ0) is 20.8. The molecule has 150 valence electrons. The summed E-state index contributed by atoms with van der Waals surface area (Å²) in [5.41, 5.74) is 2.45. The normalized spacial score (nSPS) is 12.1. The van der Waals surface area contributed by atoms with Gasteiger partial charge in [0.15, 0.2) is 5.75 Å². The maximum atomic E-state index is 12.9. The molecule has 0 saturated carbocycles. The molecule has 0 radical (unpaired) electrons. The second-order valence-electron chi connectivity index (χ2n) is 6.93. The molecule has 4 rings (SSSR count). The smallest absolute Gasteiger partial charge is 0.404 e. The molecule has 7 heteroatoms. The number of thiophene rings is 1. The quantitative estimate of drug-likeness (QED) is 0.195. The Bertz CT molecular complexity index is 1190. The number of benzene rings is 3. The number of para-hydroxylation sites is 2. The van der Waals surface area contributed by atoms with Crippen LogP contribution in [0, 0.1) is 0 Å². The first-order chi connectivity index (χ1) is 13.8. The van der Waals surface area contributed by atoms with E-state index in [4.69, 9.17) is 0 Å². The molecule has 0 unspecified atom stereocenters. The highest BCUT2D eigenvalue weighted by Gasteiger charge is 2.33. The lowest BCUT2D eigenvalue weighted by atomic mass is 10.0. The second-order valence-corrected chi connectivity index (χ2v) is 8.92. The monoisotopic (exact) mass is 527 g/mol. The van der Waals surface area contributed by atoms with E-state index in [1.165, 1.54) is 27.8 Å². The largest absolute Gasteiger partial charge is 0.573 e. The van der Waals surface area contributed by atoms with E-state index in [-0.39, 0.29) is 5.75 Å². The Morgan fingerprint density at radius 2 is 1.48 bits per heavy atom. The summed E-state index contributed by atoms with van der Waals surface area (Å²) >= 11 is 3.71. The van der Waals surface area contributed by atoms with Crippen LogP contribution in [-0.4, -0.2) is 6.36 Å². The molecule has 2 nitrogen and oxygen atoms in total. The van der Waals surface area contributed by atoms with Crippen LogP contribution in [-0.2, 0) is 0 Å². The summed E-state index contributed by atoms with van der Waals surface area (Å²) in [7, 11) is 0. The zero-order valence-corrected chi connectivity index (χ0v) is 18.6. The lowest BCUT2D eigenvalue weighted by molar-refractivity contribution is -0.274. The molecule has 1 heterocycles. The van der Waals surface area contributed by atoms with Crippen LogP contribution in [0.1, 0.15) is 25.3 Å². The molecule has 0 atom stereocenters. The average Bonchev–Trinajstić information content (AvgIpc) is 3.05. The van der Waals surface area contributed by atoms with Gasteiger partial charge < -0.3 is 4.74 Å². The van der Waals surface area contributed by atoms with Gasteiger partial charge in [0.1, 0.15) is 0 Å². The van der Waals surface area contributed by atoms with Gasteiger partial charge in [-0.15, -0.1) is 24.5 Å². The Labute approximate surface area is 184 Å². The zero-order valence-electron chi connectivity index (χ0n) is 15.6. The number of rotatable bonds is 4. The van der Waals surface area contributed by atoms with E-state index in [0.29, 0.717) is 11.6 Å². The van der Waals surface area contributed by atoms with Gasteiger partial charge in [-0.05, 0) is 29.7 Å². The van der Waals surface area contributed by atoms with Gasteiger partial charge in [0.2, 0.25) is 0 Å². The number of hydrogen-bond donors (Lipinski definition) is 0. The molecule has 0 amide bonds. The molecule has 0 saturated heterocycles. The van der Waals surface area contributed by atoms with Gasteiger partial charge >= 0.3 is 6.36 Å². The van der Waals surface area contributed by atoms with Crippen molar-refractivity contribution in [3.05, 3.63) is 66.2 Å². The SMILES string of the molecule is CC(C)c1cccc2c1sc1c(N(I)c3ccccc3OC(F)(F)F)cccc12. The molecule has 0 N–H and O–H groups in total. The molecular formula is C22H17F3INOS. The number of hydrogen-bond acceptors (Lipinski definition) is 3. The van der Waals surface area contributed by atoms with Gasteiger partial charge in [0.05, 0.1) is 38.9 Å². The van der Waals surface area contributed by atoms with E-state index < -0.39 is 6.36 Å². The molecule has 0 aliphatic carbocycles. The minimum Gasteiger partial charge on any atom is -0.404 e. The Balaban J connectivity index is 1.89. The Morgan fingerprint density at radius 3 is 2.17 bits per heavy atom. The highest BCUT2D eigenvalue weighted by Crippen LogP contribution is 2.46. The summed E-state index contributed by atoms with van der Waals surface area (Å²) in [6.07, 6.45) is -4.75. The number of nitrogens with zero attached hydrogens (tertiary/aromatic N) is 1. The summed E-state index contributed by atoms with van der Waals surface area (Å²) in [5.74, 6) is 0.155. The predicted molar refractivity (Wildman–Crippen MR) is 123 cm³/mol. The third-order valence-electron chi connectivity index (χ3n) is 4.67. The molecule has 0 aliphatic rings. The van der Waals surface area contributed by atoms with Crippen molar-refractivity contribution in [3.63, 3.8) is 0 Å². The number of ether oxygens (including phenoxy) is 1. The lowest BCUT2D eigenvalue weighted by Gasteiger charge is -2.21. The fraction of sp³-hybridized carbons (Fsp3) is 0.182. The van der Waals surface area contributed by atoms with E-state index in [9.17, 15) is 13.2 Å². The topological polar surface area (TPSA) is 12.5 Å². The first-order valence-electron chi connectivity index (χ1n) is 9.01. The van der Waals surface area contributed by atoms with E-state index in [0.717, 1.165) is 15.8 Å². The molecule has 0 aliphatic heterocycles. The van der Waals surface area contributed by atoms with Crippen LogP contribution in [0.3, 0.4) is 0 Å². The van der Waals surface area contributed by atoms with E-state index in [1.54, 1.807) is 26.6 Å². The van der Waals surface area contributed by atoms with E-state index >= 15 is 0 Å². The minimum absolute atomic E-state index is 0.226. The summed E-state index contributed by atoms with van der Waals surface area (Å²) in [6, 6.07) is 18.4. The second kappa shape index (κ2) is 7.68. The molecule has 0 bridgehead atoms. The van der Waals surface area contributed by atoms with Crippen LogP contribution in [0.5, 0.6) is 5.75 Å². The highest BCUT2D eigenvalue weighted by molar-refractivity contribution is 14.1. The molecule has 0 spiro atoms. The maximum Gasteiger partial charge on any atom is 0.573 e. The number of alkyl halides is 3. The van der Waals surface area contributed by atoms with Gasteiger partial charge in [0, 0.05) is 15.5 Å². The molecule has 4 aromatic rings. The molecule has 29 heavy (non-hydrogen) atoms. The van der Waals surface area contributed by atoms with E-state index in [1.807, 2.05) is 35.0 Å². The molecule has 3 aromatic carbocycles. The van der Waals surface area contributed by atoms with Crippen LogP contribution in [0.2, 0.25) is 0 Å².